The summed E-state index contributed by atoms with van der Waals surface area (Å²) in [4.78, 5) is 12.3. The van der Waals surface area contributed by atoms with Gasteiger partial charge in [0, 0.05) is 19.1 Å². The highest BCUT2D eigenvalue weighted by molar-refractivity contribution is 5.85. The maximum Gasteiger partial charge on any atom is 0.222 e. The summed E-state index contributed by atoms with van der Waals surface area (Å²) < 4.78 is 5.62. The topological polar surface area (TPSA) is 50.4 Å². The number of morpholine rings is 1. The molecule has 0 radical (unpaired) electrons. The summed E-state index contributed by atoms with van der Waals surface area (Å²) in [5.41, 5.74) is 0.618. The van der Waals surface area contributed by atoms with Crippen molar-refractivity contribution in [2.45, 2.75) is 58.6 Å². The minimum atomic E-state index is 0. The molecule has 0 aromatic heterocycles. The Bertz CT molecular complexity index is 396. The highest BCUT2D eigenvalue weighted by Gasteiger charge is 2.61. The van der Waals surface area contributed by atoms with E-state index in [0.29, 0.717) is 24.5 Å². The summed E-state index contributed by atoms with van der Waals surface area (Å²) in [5, 5.41) is 6.58. The van der Waals surface area contributed by atoms with E-state index < -0.39 is 0 Å². The first-order valence-corrected chi connectivity index (χ1v) is 8.05. The number of ether oxygens (including phenoxy) is 1. The highest BCUT2D eigenvalue weighted by Crippen LogP contribution is 2.65. The van der Waals surface area contributed by atoms with E-state index in [0.717, 1.165) is 25.4 Å². The van der Waals surface area contributed by atoms with Gasteiger partial charge in [0.05, 0.1) is 19.1 Å². The fraction of sp³-hybridized carbons (Fsp3) is 0.938. The third-order valence-electron chi connectivity index (χ3n) is 6.55. The van der Waals surface area contributed by atoms with Gasteiger partial charge in [0.2, 0.25) is 5.91 Å². The minimum Gasteiger partial charge on any atom is -0.375 e. The molecule has 0 spiro atoms. The smallest absolute Gasteiger partial charge is 0.222 e. The van der Waals surface area contributed by atoms with Gasteiger partial charge in [-0.25, -0.2) is 0 Å². The summed E-state index contributed by atoms with van der Waals surface area (Å²) in [6.07, 6.45) is 4.26. The van der Waals surface area contributed by atoms with Crippen molar-refractivity contribution >= 4 is 18.3 Å². The molecule has 21 heavy (non-hydrogen) atoms. The van der Waals surface area contributed by atoms with Crippen LogP contribution in [0.2, 0.25) is 0 Å². The van der Waals surface area contributed by atoms with Gasteiger partial charge in [0.25, 0.3) is 0 Å². The zero-order valence-corrected chi connectivity index (χ0v) is 14.2. The fourth-order valence-corrected chi connectivity index (χ4v) is 4.63. The van der Waals surface area contributed by atoms with Crippen molar-refractivity contribution in [2.24, 2.45) is 16.7 Å². The molecule has 4 atom stereocenters. The Morgan fingerprint density at radius 3 is 2.67 bits per heavy atom. The summed E-state index contributed by atoms with van der Waals surface area (Å²) in [6.45, 7) is 9.53. The quantitative estimate of drug-likeness (QED) is 0.838. The average molecular weight is 317 g/mol. The molecule has 3 rings (SSSR count). The van der Waals surface area contributed by atoms with Crippen molar-refractivity contribution in [3.05, 3.63) is 0 Å². The lowest BCUT2D eigenvalue weighted by atomic mass is 9.69. The van der Waals surface area contributed by atoms with Gasteiger partial charge >= 0.3 is 0 Å². The van der Waals surface area contributed by atoms with Crippen molar-refractivity contribution < 1.29 is 9.53 Å². The maximum absolute atomic E-state index is 12.3. The van der Waals surface area contributed by atoms with E-state index in [1.54, 1.807) is 0 Å². The number of hydrogen-bond donors (Lipinski definition) is 2. The van der Waals surface area contributed by atoms with Crippen molar-refractivity contribution in [1.82, 2.24) is 10.6 Å². The lowest BCUT2D eigenvalue weighted by Gasteiger charge is -2.39. The lowest BCUT2D eigenvalue weighted by molar-refractivity contribution is -0.126. The van der Waals surface area contributed by atoms with Gasteiger partial charge < -0.3 is 15.4 Å². The first-order chi connectivity index (χ1) is 9.43. The molecule has 122 valence electrons. The van der Waals surface area contributed by atoms with Crippen LogP contribution in [0.4, 0.5) is 0 Å². The Kier molecular flexibility index (Phi) is 4.91. The molecule has 3 aliphatic rings. The number of halogens is 1. The van der Waals surface area contributed by atoms with Crippen LogP contribution in [0.3, 0.4) is 0 Å². The van der Waals surface area contributed by atoms with Crippen LogP contribution in [-0.2, 0) is 9.53 Å². The van der Waals surface area contributed by atoms with E-state index in [4.69, 9.17) is 4.74 Å². The predicted molar refractivity (Wildman–Crippen MR) is 85.6 cm³/mol. The molecule has 1 amide bonds. The molecule has 4 unspecified atom stereocenters. The molecule has 0 aromatic carbocycles. The van der Waals surface area contributed by atoms with Crippen LogP contribution in [0, 0.1) is 16.7 Å². The van der Waals surface area contributed by atoms with Crippen molar-refractivity contribution in [2.75, 3.05) is 19.7 Å². The van der Waals surface area contributed by atoms with Crippen molar-refractivity contribution in [3.8, 4) is 0 Å². The summed E-state index contributed by atoms with van der Waals surface area (Å²) in [5.74, 6) is 0.929. The van der Waals surface area contributed by atoms with E-state index in [-0.39, 0.29) is 29.8 Å². The van der Waals surface area contributed by atoms with Gasteiger partial charge in [-0.3, -0.25) is 4.79 Å². The Labute approximate surface area is 134 Å². The molecule has 3 fully saturated rings. The zero-order valence-electron chi connectivity index (χ0n) is 13.4. The molecule has 5 heteroatoms. The van der Waals surface area contributed by atoms with Crippen LogP contribution in [-0.4, -0.2) is 37.7 Å². The van der Waals surface area contributed by atoms with Crippen LogP contribution in [0.5, 0.6) is 0 Å². The van der Waals surface area contributed by atoms with Crippen LogP contribution in [0.15, 0.2) is 0 Å². The molecule has 4 nitrogen and oxygen atoms in total. The Hall–Kier alpha value is -0.320. The summed E-state index contributed by atoms with van der Waals surface area (Å²) >= 11 is 0. The Morgan fingerprint density at radius 1 is 1.38 bits per heavy atom. The predicted octanol–water partition coefficient (Wildman–Crippen LogP) is 2.12. The number of nitrogens with one attached hydrogen (secondary N) is 2. The first kappa shape index (κ1) is 17.0. The Balaban J connectivity index is 0.00000161. The molecule has 1 heterocycles. The number of carbonyl (C=O) groups is 1. The molecule has 2 N–H and O–H groups in total. The molecule has 1 aliphatic heterocycles. The first-order valence-electron chi connectivity index (χ1n) is 8.05. The number of hydrogen-bond acceptors (Lipinski definition) is 3. The summed E-state index contributed by atoms with van der Waals surface area (Å²) in [7, 11) is 0. The Morgan fingerprint density at radius 2 is 2.14 bits per heavy atom. The second-order valence-corrected chi connectivity index (χ2v) is 7.63. The van der Waals surface area contributed by atoms with Gasteiger partial charge in [-0.05, 0) is 36.0 Å². The van der Waals surface area contributed by atoms with E-state index in [1.807, 2.05) is 0 Å². The van der Waals surface area contributed by atoms with Gasteiger partial charge in [-0.1, -0.05) is 20.8 Å². The summed E-state index contributed by atoms with van der Waals surface area (Å²) in [6, 6.07) is 0.347. The normalized spacial score (nSPS) is 40.6. The molecular weight excluding hydrogens is 288 g/mol. The van der Waals surface area contributed by atoms with Crippen LogP contribution in [0.1, 0.15) is 46.5 Å². The largest absolute Gasteiger partial charge is 0.375 e. The third kappa shape index (κ3) is 2.82. The minimum absolute atomic E-state index is 0. The molecule has 2 aliphatic carbocycles. The maximum atomic E-state index is 12.3. The van der Waals surface area contributed by atoms with Crippen LogP contribution < -0.4 is 10.6 Å². The van der Waals surface area contributed by atoms with E-state index >= 15 is 0 Å². The molecule has 2 saturated carbocycles. The van der Waals surface area contributed by atoms with E-state index in [1.165, 1.54) is 12.8 Å². The lowest BCUT2D eigenvalue weighted by Crippen LogP contribution is -2.48. The van der Waals surface area contributed by atoms with Gasteiger partial charge in [0.1, 0.15) is 0 Å². The molecule has 2 bridgehead atoms. The number of carbonyl (C=O) groups excluding carboxylic acids is 1. The third-order valence-corrected chi connectivity index (χ3v) is 6.55. The van der Waals surface area contributed by atoms with Crippen molar-refractivity contribution in [1.29, 1.82) is 0 Å². The van der Waals surface area contributed by atoms with E-state index in [2.05, 4.69) is 31.4 Å². The van der Waals surface area contributed by atoms with Gasteiger partial charge in [0.15, 0.2) is 0 Å². The highest BCUT2D eigenvalue weighted by atomic mass is 35.5. The van der Waals surface area contributed by atoms with Crippen molar-refractivity contribution in [3.63, 3.8) is 0 Å². The number of rotatable bonds is 3. The van der Waals surface area contributed by atoms with Gasteiger partial charge in [-0.15, -0.1) is 12.4 Å². The molecule has 0 aromatic rings. The van der Waals surface area contributed by atoms with E-state index in [9.17, 15) is 4.79 Å². The molecule has 1 saturated heterocycles. The van der Waals surface area contributed by atoms with Gasteiger partial charge in [-0.2, -0.15) is 0 Å². The number of fused-ring (bicyclic) bond motifs is 2. The van der Waals surface area contributed by atoms with Crippen LogP contribution in [0.25, 0.3) is 0 Å². The number of amides is 1. The second-order valence-electron chi connectivity index (χ2n) is 7.63. The zero-order chi connectivity index (χ0) is 14.4. The standard InChI is InChI=1S/C16H28N2O2.ClH/c1-15(2)11-4-5-16(15,3)13(8-11)18-14(19)9-12-10-17-6-7-20-12;/h11-13,17H,4-10H2,1-3H3,(H,18,19);1H. The fourth-order valence-electron chi connectivity index (χ4n) is 4.63. The average Bonchev–Trinajstić information content (AvgIpc) is 2.73. The van der Waals surface area contributed by atoms with Crippen LogP contribution >= 0.6 is 12.4 Å². The second kappa shape index (κ2) is 6.05. The SMILES string of the molecule is CC1(C)C2CCC1(C)C(NC(=O)CC1CNCCO1)C2.Cl. The molecular formula is C16H29ClN2O2. The monoisotopic (exact) mass is 316 g/mol.